The van der Waals surface area contributed by atoms with Crippen LogP contribution in [-0.4, -0.2) is 30.8 Å². The van der Waals surface area contributed by atoms with Gasteiger partial charge in [-0.3, -0.25) is 0 Å². The van der Waals surface area contributed by atoms with Crippen LogP contribution in [0.2, 0.25) is 0 Å². The average molecular weight is 353 g/mol. The topological polar surface area (TPSA) is 88.8 Å². The number of carbonyl (C=O) groups is 1. The zero-order chi connectivity index (χ0) is 18.7. The normalized spacial score (nSPS) is 12.1. The molecule has 0 spiro atoms. The standard InChI is InChI=1S/C20H19NO5/c1-12-5-3-4-6-14(12)16-10-19(22)26-18-9-13(7-8-15(16)18)21-17(11-25-2)20(23)24/h3-10,17,21H,11H2,1-2H3,(H,23,24)/t17-/m0/s1. The predicted molar refractivity (Wildman–Crippen MR) is 99.6 cm³/mol. The number of fused-ring (bicyclic) bond motifs is 1. The van der Waals surface area contributed by atoms with Gasteiger partial charge in [0.25, 0.3) is 0 Å². The second kappa shape index (κ2) is 7.41. The van der Waals surface area contributed by atoms with E-state index >= 15 is 0 Å². The van der Waals surface area contributed by atoms with Crippen molar-refractivity contribution in [3.63, 3.8) is 0 Å². The molecule has 3 rings (SSSR count). The summed E-state index contributed by atoms with van der Waals surface area (Å²) in [6, 6.07) is 13.6. The molecule has 3 aromatic rings. The number of ether oxygens (including phenoxy) is 1. The van der Waals surface area contributed by atoms with Crippen LogP contribution >= 0.6 is 0 Å². The first-order valence-corrected chi connectivity index (χ1v) is 8.12. The van der Waals surface area contributed by atoms with Crippen molar-refractivity contribution in [1.29, 1.82) is 0 Å². The number of carboxylic acid groups (broad SMARTS) is 1. The molecule has 0 saturated heterocycles. The Morgan fingerprint density at radius 1 is 1.19 bits per heavy atom. The van der Waals surface area contributed by atoms with Crippen LogP contribution in [0.3, 0.4) is 0 Å². The highest BCUT2D eigenvalue weighted by atomic mass is 16.5. The van der Waals surface area contributed by atoms with Crippen molar-refractivity contribution >= 4 is 22.6 Å². The summed E-state index contributed by atoms with van der Waals surface area (Å²) < 4.78 is 10.2. The first kappa shape index (κ1) is 17.7. The lowest BCUT2D eigenvalue weighted by Gasteiger charge is -2.15. The molecule has 0 fully saturated rings. The van der Waals surface area contributed by atoms with Gasteiger partial charge in [0.2, 0.25) is 0 Å². The number of anilines is 1. The summed E-state index contributed by atoms with van der Waals surface area (Å²) in [5.41, 5.74) is 3.25. The van der Waals surface area contributed by atoms with E-state index in [0.29, 0.717) is 11.3 Å². The SMILES string of the molecule is COC[C@H](Nc1ccc2c(-c3ccccc3C)cc(=O)oc2c1)C(=O)O. The fourth-order valence-electron chi connectivity index (χ4n) is 2.89. The van der Waals surface area contributed by atoms with Crippen LogP contribution in [0.25, 0.3) is 22.1 Å². The van der Waals surface area contributed by atoms with Gasteiger partial charge in [-0.2, -0.15) is 0 Å². The Morgan fingerprint density at radius 2 is 1.96 bits per heavy atom. The second-order valence-electron chi connectivity index (χ2n) is 6.00. The number of aryl methyl sites for hydroxylation is 1. The minimum absolute atomic E-state index is 0.0145. The van der Waals surface area contributed by atoms with E-state index in [1.807, 2.05) is 37.3 Å². The van der Waals surface area contributed by atoms with E-state index < -0.39 is 17.6 Å². The van der Waals surface area contributed by atoms with E-state index in [1.165, 1.54) is 13.2 Å². The molecule has 26 heavy (non-hydrogen) atoms. The van der Waals surface area contributed by atoms with Gasteiger partial charge in [-0.1, -0.05) is 24.3 Å². The fourth-order valence-corrected chi connectivity index (χ4v) is 2.89. The van der Waals surface area contributed by atoms with E-state index in [-0.39, 0.29) is 6.61 Å². The van der Waals surface area contributed by atoms with Crippen LogP contribution in [0.1, 0.15) is 5.56 Å². The number of nitrogens with one attached hydrogen (secondary N) is 1. The van der Waals surface area contributed by atoms with E-state index in [9.17, 15) is 14.7 Å². The Hall–Kier alpha value is -3.12. The van der Waals surface area contributed by atoms with E-state index in [4.69, 9.17) is 9.15 Å². The van der Waals surface area contributed by atoms with Crippen molar-refractivity contribution in [1.82, 2.24) is 0 Å². The third kappa shape index (κ3) is 3.60. The van der Waals surface area contributed by atoms with E-state index in [2.05, 4.69) is 5.32 Å². The quantitative estimate of drug-likeness (QED) is 0.661. The molecule has 6 heteroatoms. The van der Waals surface area contributed by atoms with Crippen LogP contribution in [-0.2, 0) is 9.53 Å². The molecule has 6 nitrogen and oxygen atoms in total. The number of aliphatic carboxylic acids is 1. The molecule has 0 unspecified atom stereocenters. The van der Waals surface area contributed by atoms with Crippen molar-refractivity contribution in [2.24, 2.45) is 0 Å². The van der Waals surface area contributed by atoms with Gasteiger partial charge in [0.1, 0.15) is 11.6 Å². The maximum absolute atomic E-state index is 12.0. The molecule has 0 aliphatic heterocycles. The first-order valence-electron chi connectivity index (χ1n) is 8.12. The summed E-state index contributed by atoms with van der Waals surface area (Å²) in [5.74, 6) is -1.03. The van der Waals surface area contributed by atoms with Gasteiger partial charge in [-0.25, -0.2) is 9.59 Å². The average Bonchev–Trinajstić information content (AvgIpc) is 2.60. The molecule has 1 aromatic heterocycles. The lowest BCUT2D eigenvalue weighted by Crippen LogP contribution is -2.33. The predicted octanol–water partition coefficient (Wildman–Crippen LogP) is 3.28. The second-order valence-corrected chi connectivity index (χ2v) is 6.00. The first-order chi connectivity index (χ1) is 12.5. The molecule has 0 bridgehead atoms. The minimum atomic E-state index is -1.03. The smallest absolute Gasteiger partial charge is 0.336 e. The van der Waals surface area contributed by atoms with E-state index in [0.717, 1.165) is 22.1 Å². The molecular formula is C20H19NO5. The summed E-state index contributed by atoms with van der Waals surface area (Å²) in [6.45, 7) is 1.99. The maximum Gasteiger partial charge on any atom is 0.336 e. The van der Waals surface area contributed by atoms with Crippen LogP contribution < -0.4 is 10.9 Å². The number of hydrogen-bond donors (Lipinski definition) is 2. The number of hydrogen-bond acceptors (Lipinski definition) is 5. The number of benzene rings is 2. The van der Waals surface area contributed by atoms with Crippen LogP contribution in [0, 0.1) is 6.92 Å². The molecule has 134 valence electrons. The maximum atomic E-state index is 12.0. The number of methoxy groups -OCH3 is 1. The Morgan fingerprint density at radius 3 is 2.65 bits per heavy atom. The monoisotopic (exact) mass is 353 g/mol. The lowest BCUT2D eigenvalue weighted by molar-refractivity contribution is -0.139. The van der Waals surface area contributed by atoms with Gasteiger partial charge >= 0.3 is 11.6 Å². The molecule has 0 radical (unpaired) electrons. The molecule has 2 N–H and O–H groups in total. The summed E-state index contributed by atoms with van der Waals surface area (Å²) in [5, 5.41) is 12.9. The summed E-state index contributed by atoms with van der Waals surface area (Å²) in [6.07, 6.45) is 0. The third-order valence-corrected chi connectivity index (χ3v) is 4.15. The Kier molecular flexibility index (Phi) is 5.04. The summed E-state index contributed by atoms with van der Waals surface area (Å²) in [4.78, 5) is 23.3. The van der Waals surface area contributed by atoms with Gasteiger partial charge in [0, 0.05) is 35.9 Å². The van der Waals surface area contributed by atoms with Crippen LogP contribution in [0.5, 0.6) is 0 Å². The molecule has 0 amide bonds. The van der Waals surface area contributed by atoms with Crippen LogP contribution in [0.4, 0.5) is 5.69 Å². The molecule has 1 atom stereocenters. The molecule has 0 saturated carbocycles. The fraction of sp³-hybridized carbons (Fsp3) is 0.200. The number of carboxylic acids is 1. The molecule has 2 aromatic carbocycles. The minimum Gasteiger partial charge on any atom is -0.480 e. The zero-order valence-electron chi connectivity index (χ0n) is 14.5. The summed E-state index contributed by atoms with van der Waals surface area (Å²) in [7, 11) is 1.44. The van der Waals surface area contributed by atoms with Crippen molar-refractivity contribution in [3.05, 3.63) is 64.5 Å². The lowest BCUT2D eigenvalue weighted by atomic mass is 9.98. The summed E-state index contributed by atoms with van der Waals surface area (Å²) >= 11 is 0. The number of rotatable bonds is 6. The largest absolute Gasteiger partial charge is 0.480 e. The molecule has 1 heterocycles. The van der Waals surface area contributed by atoms with Crippen molar-refractivity contribution in [2.75, 3.05) is 19.0 Å². The van der Waals surface area contributed by atoms with Crippen molar-refractivity contribution in [3.8, 4) is 11.1 Å². The Labute approximate surface area is 150 Å². The Bertz CT molecular complexity index is 1010. The van der Waals surface area contributed by atoms with Gasteiger partial charge in [-0.15, -0.1) is 0 Å². The van der Waals surface area contributed by atoms with Gasteiger partial charge in [0.05, 0.1) is 6.61 Å². The Balaban J connectivity index is 2.08. The highest BCUT2D eigenvalue weighted by Crippen LogP contribution is 2.31. The van der Waals surface area contributed by atoms with Crippen LogP contribution in [0.15, 0.2) is 57.7 Å². The zero-order valence-corrected chi connectivity index (χ0v) is 14.5. The molecule has 0 aliphatic rings. The highest BCUT2D eigenvalue weighted by Gasteiger charge is 2.17. The highest BCUT2D eigenvalue weighted by molar-refractivity contribution is 5.95. The van der Waals surface area contributed by atoms with Gasteiger partial charge in [-0.05, 0) is 30.2 Å². The van der Waals surface area contributed by atoms with Gasteiger partial charge < -0.3 is 19.6 Å². The molecular weight excluding hydrogens is 334 g/mol. The van der Waals surface area contributed by atoms with Gasteiger partial charge in [0.15, 0.2) is 0 Å². The van der Waals surface area contributed by atoms with E-state index in [1.54, 1.807) is 12.1 Å². The van der Waals surface area contributed by atoms with Crippen molar-refractivity contribution in [2.45, 2.75) is 13.0 Å². The third-order valence-electron chi connectivity index (χ3n) is 4.15. The molecule has 0 aliphatic carbocycles. The van der Waals surface area contributed by atoms with Crippen molar-refractivity contribution < 1.29 is 19.1 Å².